The van der Waals surface area contributed by atoms with E-state index in [4.69, 9.17) is 11.0 Å². The number of nitriles is 1. The van der Waals surface area contributed by atoms with Crippen LogP contribution in [0.1, 0.15) is 6.92 Å². The summed E-state index contributed by atoms with van der Waals surface area (Å²) in [4.78, 5) is 0. The van der Waals surface area contributed by atoms with Gasteiger partial charge in [0.15, 0.2) is 0 Å². The highest BCUT2D eigenvalue weighted by Crippen LogP contribution is 2.07. The Morgan fingerprint density at radius 2 is 2.50 bits per heavy atom. The summed E-state index contributed by atoms with van der Waals surface area (Å²) in [7, 11) is 0. The van der Waals surface area contributed by atoms with E-state index in [0.29, 0.717) is 4.32 Å². The minimum atomic E-state index is -0.118. The molecule has 1 atom stereocenters. The maximum atomic E-state index is 8.20. The molecule has 0 saturated carbocycles. The van der Waals surface area contributed by atoms with Gasteiger partial charge in [-0.1, -0.05) is 24.0 Å². The third-order valence-corrected chi connectivity index (χ3v) is 1.45. The Balaban J connectivity index is 3.43. The summed E-state index contributed by atoms with van der Waals surface area (Å²) < 4.78 is 0.332. The predicted molar refractivity (Wildman–Crippen MR) is 39.5 cm³/mol. The average Bonchev–Trinajstić information content (AvgIpc) is 1.65. The van der Waals surface area contributed by atoms with Crippen molar-refractivity contribution in [1.29, 1.82) is 5.26 Å². The monoisotopic (exact) mass is 146 g/mol. The van der Waals surface area contributed by atoms with Crippen molar-refractivity contribution in [3.05, 3.63) is 0 Å². The van der Waals surface area contributed by atoms with E-state index in [0.717, 1.165) is 0 Å². The quantitative estimate of drug-likeness (QED) is 0.558. The zero-order chi connectivity index (χ0) is 6.57. The fourth-order valence-electron chi connectivity index (χ4n) is 0.201. The SMILES string of the molecule is CC(C#N)SC(N)=S. The third kappa shape index (κ3) is 3.90. The molecule has 2 nitrogen and oxygen atoms in total. The van der Waals surface area contributed by atoms with Crippen LogP contribution in [0.25, 0.3) is 0 Å². The number of hydrogen-bond donors (Lipinski definition) is 1. The van der Waals surface area contributed by atoms with E-state index >= 15 is 0 Å². The van der Waals surface area contributed by atoms with Crippen LogP contribution in [0.15, 0.2) is 0 Å². The van der Waals surface area contributed by atoms with Crippen LogP contribution >= 0.6 is 24.0 Å². The zero-order valence-corrected chi connectivity index (χ0v) is 6.05. The van der Waals surface area contributed by atoms with Crippen molar-refractivity contribution < 1.29 is 0 Å². The molecule has 2 N–H and O–H groups in total. The Bertz CT molecular complexity index is 126. The second-order valence-electron chi connectivity index (χ2n) is 1.21. The van der Waals surface area contributed by atoms with Gasteiger partial charge >= 0.3 is 0 Å². The van der Waals surface area contributed by atoms with Gasteiger partial charge in [0.1, 0.15) is 4.32 Å². The van der Waals surface area contributed by atoms with Crippen LogP contribution in [0.2, 0.25) is 0 Å². The van der Waals surface area contributed by atoms with Gasteiger partial charge in [-0.15, -0.1) is 0 Å². The molecule has 0 aromatic carbocycles. The van der Waals surface area contributed by atoms with Gasteiger partial charge in [-0.25, -0.2) is 0 Å². The molecule has 0 heterocycles. The maximum absolute atomic E-state index is 8.20. The highest BCUT2D eigenvalue weighted by Gasteiger charge is 1.99. The molecule has 0 bridgehead atoms. The number of nitrogens with two attached hydrogens (primary N) is 1. The van der Waals surface area contributed by atoms with Gasteiger partial charge in [-0.05, 0) is 6.92 Å². The van der Waals surface area contributed by atoms with Crippen molar-refractivity contribution in [3.63, 3.8) is 0 Å². The summed E-state index contributed by atoms with van der Waals surface area (Å²) in [5, 5.41) is 8.08. The maximum Gasteiger partial charge on any atom is 0.132 e. The number of rotatable bonds is 1. The largest absolute Gasteiger partial charge is 0.385 e. The van der Waals surface area contributed by atoms with Crippen LogP contribution < -0.4 is 5.73 Å². The summed E-state index contributed by atoms with van der Waals surface area (Å²) >= 11 is 5.73. The topological polar surface area (TPSA) is 49.8 Å². The van der Waals surface area contributed by atoms with E-state index in [1.807, 2.05) is 6.07 Å². The molecule has 0 rings (SSSR count). The van der Waals surface area contributed by atoms with Crippen molar-refractivity contribution >= 4 is 28.3 Å². The summed E-state index contributed by atoms with van der Waals surface area (Å²) in [5.41, 5.74) is 5.11. The van der Waals surface area contributed by atoms with Crippen LogP contribution in [0.5, 0.6) is 0 Å². The number of thiocarbonyl (C=S) groups is 1. The molecule has 0 saturated heterocycles. The molecule has 0 aliphatic rings. The molecule has 0 aromatic heterocycles. The zero-order valence-electron chi connectivity index (χ0n) is 4.42. The van der Waals surface area contributed by atoms with Crippen molar-refractivity contribution in [2.75, 3.05) is 0 Å². The van der Waals surface area contributed by atoms with E-state index < -0.39 is 0 Å². The van der Waals surface area contributed by atoms with Gasteiger partial charge in [0.25, 0.3) is 0 Å². The lowest BCUT2D eigenvalue weighted by atomic mass is 10.5. The number of nitrogens with zero attached hydrogens (tertiary/aromatic N) is 1. The Morgan fingerprint density at radius 3 is 2.62 bits per heavy atom. The molecule has 0 aliphatic heterocycles. The third-order valence-electron chi connectivity index (χ3n) is 0.475. The molecule has 44 valence electrons. The van der Waals surface area contributed by atoms with E-state index in [2.05, 4.69) is 12.2 Å². The van der Waals surface area contributed by atoms with E-state index in [1.54, 1.807) is 6.92 Å². The van der Waals surface area contributed by atoms with Crippen molar-refractivity contribution in [1.82, 2.24) is 0 Å². The smallest absolute Gasteiger partial charge is 0.132 e. The predicted octanol–water partition coefficient (Wildman–Crippen LogP) is 0.875. The average molecular weight is 146 g/mol. The summed E-state index contributed by atoms with van der Waals surface area (Å²) in [6, 6.07) is 1.99. The minimum Gasteiger partial charge on any atom is -0.385 e. The van der Waals surface area contributed by atoms with E-state index in [1.165, 1.54) is 11.8 Å². The molecule has 0 radical (unpaired) electrons. The lowest BCUT2D eigenvalue weighted by Crippen LogP contribution is -2.06. The summed E-state index contributed by atoms with van der Waals surface area (Å²) in [6.07, 6.45) is 0. The Kier molecular flexibility index (Phi) is 3.57. The molecular weight excluding hydrogens is 140 g/mol. The Hall–Kier alpha value is -0.270. The minimum absolute atomic E-state index is 0.118. The standard InChI is InChI=1S/C4H6N2S2/c1-3(2-5)8-4(6)7/h3H,1H3,(H2,6,7). The fraction of sp³-hybridized carbons (Fsp3) is 0.500. The van der Waals surface area contributed by atoms with Crippen molar-refractivity contribution in [3.8, 4) is 6.07 Å². The van der Waals surface area contributed by atoms with Crippen LogP contribution in [-0.2, 0) is 0 Å². The van der Waals surface area contributed by atoms with Gasteiger partial charge < -0.3 is 5.73 Å². The molecule has 0 aliphatic carbocycles. The van der Waals surface area contributed by atoms with Gasteiger partial charge in [-0.2, -0.15) is 5.26 Å². The van der Waals surface area contributed by atoms with Crippen LogP contribution in [0, 0.1) is 11.3 Å². The highest BCUT2D eigenvalue weighted by molar-refractivity contribution is 8.23. The second-order valence-corrected chi connectivity index (χ2v) is 3.29. The molecule has 1 unspecified atom stereocenters. The molecule has 4 heteroatoms. The lowest BCUT2D eigenvalue weighted by Gasteiger charge is -1.95. The summed E-state index contributed by atoms with van der Waals surface area (Å²) in [5.74, 6) is 0. The molecular formula is C4H6N2S2. The van der Waals surface area contributed by atoms with Crippen LogP contribution in [0.3, 0.4) is 0 Å². The first-order chi connectivity index (χ1) is 3.66. The summed E-state index contributed by atoms with van der Waals surface area (Å²) in [6.45, 7) is 1.75. The van der Waals surface area contributed by atoms with Crippen LogP contribution in [-0.4, -0.2) is 9.57 Å². The van der Waals surface area contributed by atoms with E-state index in [9.17, 15) is 0 Å². The van der Waals surface area contributed by atoms with Crippen molar-refractivity contribution in [2.24, 2.45) is 5.73 Å². The van der Waals surface area contributed by atoms with E-state index in [-0.39, 0.29) is 5.25 Å². The normalized spacial score (nSPS) is 12.0. The molecule has 8 heavy (non-hydrogen) atoms. The van der Waals surface area contributed by atoms with Gasteiger partial charge in [0.05, 0.1) is 11.3 Å². The van der Waals surface area contributed by atoms with Crippen molar-refractivity contribution in [2.45, 2.75) is 12.2 Å². The fourth-order valence-corrected chi connectivity index (χ4v) is 1.03. The molecule has 0 fully saturated rings. The highest BCUT2D eigenvalue weighted by atomic mass is 32.2. The van der Waals surface area contributed by atoms with Gasteiger partial charge in [0, 0.05) is 0 Å². The first-order valence-corrected chi connectivity index (χ1v) is 3.31. The van der Waals surface area contributed by atoms with Gasteiger partial charge in [-0.3, -0.25) is 0 Å². The first-order valence-electron chi connectivity index (χ1n) is 2.02. The number of hydrogen-bond acceptors (Lipinski definition) is 3. The van der Waals surface area contributed by atoms with Crippen LogP contribution in [0.4, 0.5) is 0 Å². The molecule has 0 amide bonds. The molecule has 0 aromatic rings. The number of thioether (sulfide) groups is 1. The van der Waals surface area contributed by atoms with Gasteiger partial charge in [0.2, 0.25) is 0 Å². The lowest BCUT2D eigenvalue weighted by molar-refractivity contribution is 1.25. The molecule has 0 spiro atoms. The second kappa shape index (κ2) is 3.70. The Labute approximate surface area is 58.0 Å². The Morgan fingerprint density at radius 1 is 2.00 bits per heavy atom. The first kappa shape index (κ1) is 7.73.